The van der Waals surface area contributed by atoms with E-state index in [9.17, 15) is 0 Å². The smallest absolute Gasteiger partial charge is 0.0215 e. The molecule has 0 aliphatic heterocycles. The Morgan fingerprint density at radius 1 is 0.409 bits per heavy atom. The predicted octanol–water partition coefficient (Wildman–Crippen LogP) is 6.99. The van der Waals surface area contributed by atoms with Gasteiger partial charge in [-0.15, -0.1) is 0 Å². The van der Waals surface area contributed by atoms with Gasteiger partial charge in [0.05, 0.1) is 0 Å². The Balaban J connectivity index is 0.000000847. The van der Waals surface area contributed by atoms with Gasteiger partial charge < -0.3 is 0 Å². The second-order valence-corrected chi connectivity index (χ2v) is 8.71. The lowest BCUT2D eigenvalue weighted by molar-refractivity contribution is 0.108. The summed E-state index contributed by atoms with van der Waals surface area (Å²) >= 11 is 3.53. The third-order valence-electron chi connectivity index (χ3n) is 7.27. The minimum absolute atomic E-state index is 1.02. The Labute approximate surface area is 145 Å². The number of hydrogen-bond donors (Lipinski definition) is 1. The van der Waals surface area contributed by atoms with Crippen LogP contribution in [0.1, 0.15) is 90.9 Å². The van der Waals surface area contributed by atoms with Crippen LogP contribution in [-0.2, 0) is 0 Å². The van der Waals surface area contributed by atoms with Gasteiger partial charge >= 0.3 is 0 Å². The van der Waals surface area contributed by atoms with E-state index < -0.39 is 0 Å². The highest BCUT2D eigenvalue weighted by molar-refractivity contribution is 7.79. The first-order chi connectivity index (χ1) is 10.7. The molecule has 0 nitrogen and oxygen atoms in total. The van der Waals surface area contributed by atoms with Crippen molar-refractivity contribution in [3.05, 3.63) is 0 Å². The molecular formula is C21H40S. The third-order valence-corrected chi connectivity index (χ3v) is 7.27. The van der Waals surface area contributed by atoms with Gasteiger partial charge in [0.1, 0.15) is 0 Å². The van der Waals surface area contributed by atoms with Crippen LogP contribution in [0, 0.1) is 35.5 Å². The average molecular weight is 325 g/mol. The van der Waals surface area contributed by atoms with E-state index in [4.69, 9.17) is 0 Å². The summed E-state index contributed by atoms with van der Waals surface area (Å²) in [7, 11) is 0. The minimum Gasteiger partial charge on any atom is -0.183 e. The molecule has 0 radical (unpaired) electrons. The summed E-state index contributed by atoms with van der Waals surface area (Å²) in [6.45, 7) is 4.91. The molecule has 3 saturated carbocycles. The van der Waals surface area contributed by atoms with Crippen molar-refractivity contribution in [1.82, 2.24) is 0 Å². The maximum absolute atomic E-state index is 3.53. The standard InChI is InChI=1S/C20H36.CH4S/c1-15-3-7-17(8-4-15)19-11-13-20(14-12-19)18-9-5-16(2)6-10-18;1-2/h15-20H,3-14H2,1-2H3;2H,1H3. The summed E-state index contributed by atoms with van der Waals surface area (Å²) in [6.07, 6.45) is 20.3. The molecule has 0 amide bonds. The topological polar surface area (TPSA) is 0 Å². The van der Waals surface area contributed by atoms with Gasteiger partial charge in [-0.05, 0) is 93.1 Å². The molecule has 0 N–H and O–H groups in total. The molecule has 0 bridgehead atoms. The molecule has 3 rings (SSSR count). The van der Waals surface area contributed by atoms with Crippen LogP contribution in [0.4, 0.5) is 0 Å². The van der Waals surface area contributed by atoms with Crippen molar-refractivity contribution in [3.8, 4) is 0 Å². The van der Waals surface area contributed by atoms with Crippen LogP contribution < -0.4 is 0 Å². The molecule has 0 aromatic carbocycles. The summed E-state index contributed by atoms with van der Waals surface area (Å²) in [6, 6.07) is 0. The molecule has 0 spiro atoms. The van der Waals surface area contributed by atoms with Gasteiger partial charge in [0, 0.05) is 0 Å². The van der Waals surface area contributed by atoms with Crippen LogP contribution in [0.3, 0.4) is 0 Å². The zero-order valence-electron chi connectivity index (χ0n) is 15.4. The van der Waals surface area contributed by atoms with E-state index in [1.807, 2.05) is 0 Å². The maximum atomic E-state index is 3.53. The SMILES string of the molecule is CC1CCC(C2CCC(C3CCC(C)CC3)CC2)CC1.CS. The average Bonchev–Trinajstić information content (AvgIpc) is 2.58. The zero-order chi connectivity index (χ0) is 15.9. The van der Waals surface area contributed by atoms with E-state index in [2.05, 4.69) is 26.5 Å². The normalized spacial score (nSPS) is 43.1. The molecular weight excluding hydrogens is 284 g/mol. The van der Waals surface area contributed by atoms with E-state index in [0.717, 1.165) is 35.5 Å². The highest BCUT2D eigenvalue weighted by atomic mass is 32.1. The van der Waals surface area contributed by atoms with Crippen molar-refractivity contribution < 1.29 is 0 Å². The van der Waals surface area contributed by atoms with Crippen molar-refractivity contribution in [2.45, 2.75) is 90.9 Å². The molecule has 22 heavy (non-hydrogen) atoms. The molecule has 0 aromatic heterocycles. The first-order valence-corrected chi connectivity index (χ1v) is 11.1. The largest absolute Gasteiger partial charge is 0.183 e. The number of thiol groups is 1. The highest BCUT2D eigenvalue weighted by Gasteiger charge is 2.33. The fourth-order valence-electron chi connectivity index (χ4n) is 5.60. The van der Waals surface area contributed by atoms with Crippen molar-refractivity contribution in [2.24, 2.45) is 35.5 Å². The first kappa shape index (κ1) is 18.7. The van der Waals surface area contributed by atoms with Crippen molar-refractivity contribution in [1.29, 1.82) is 0 Å². The van der Waals surface area contributed by atoms with Gasteiger partial charge in [-0.2, -0.15) is 12.6 Å². The second kappa shape index (κ2) is 9.60. The van der Waals surface area contributed by atoms with Crippen molar-refractivity contribution >= 4 is 12.6 Å². The van der Waals surface area contributed by atoms with Gasteiger partial charge in [-0.3, -0.25) is 0 Å². The Hall–Kier alpha value is 0.350. The van der Waals surface area contributed by atoms with Crippen LogP contribution >= 0.6 is 12.6 Å². The molecule has 1 heteroatoms. The molecule has 3 fully saturated rings. The van der Waals surface area contributed by atoms with E-state index in [0.29, 0.717) is 0 Å². The quantitative estimate of drug-likeness (QED) is 0.520. The van der Waals surface area contributed by atoms with E-state index >= 15 is 0 Å². The first-order valence-electron chi connectivity index (χ1n) is 10.2. The lowest BCUT2D eigenvalue weighted by atomic mass is 9.65. The van der Waals surface area contributed by atoms with Gasteiger partial charge in [0.2, 0.25) is 0 Å². The third kappa shape index (κ3) is 5.18. The highest BCUT2D eigenvalue weighted by Crippen LogP contribution is 2.45. The van der Waals surface area contributed by atoms with E-state index in [1.165, 1.54) is 25.7 Å². The van der Waals surface area contributed by atoms with Gasteiger partial charge in [0.25, 0.3) is 0 Å². The van der Waals surface area contributed by atoms with Gasteiger partial charge in [-0.1, -0.05) is 39.5 Å². The molecule has 0 aromatic rings. The Bertz CT molecular complexity index is 246. The number of rotatable bonds is 2. The zero-order valence-corrected chi connectivity index (χ0v) is 16.3. The summed E-state index contributed by atoms with van der Waals surface area (Å²) in [5, 5.41) is 0. The Morgan fingerprint density at radius 2 is 0.591 bits per heavy atom. The van der Waals surface area contributed by atoms with Crippen molar-refractivity contribution in [2.75, 3.05) is 6.26 Å². The molecule has 3 aliphatic rings. The van der Waals surface area contributed by atoms with Crippen LogP contribution in [0.5, 0.6) is 0 Å². The monoisotopic (exact) mass is 324 g/mol. The lowest BCUT2D eigenvalue weighted by Gasteiger charge is -2.41. The second-order valence-electron chi connectivity index (χ2n) is 8.71. The summed E-state index contributed by atoms with van der Waals surface area (Å²) in [5.41, 5.74) is 0. The molecule has 0 saturated heterocycles. The maximum Gasteiger partial charge on any atom is -0.0215 e. The Kier molecular flexibility index (Phi) is 8.15. The van der Waals surface area contributed by atoms with Crippen LogP contribution in [-0.4, -0.2) is 6.26 Å². The summed E-state index contributed by atoms with van der Waals surface area (Å²) in [5.74, 6) is 6.48. The molecule has 0 heterocycles. The lowest BCUT2D eigenvalue weighted by Crippen LogP contribution is -2.29. The van der Waals surface area contributed by atoms with Crippen LogP contribution in [0.2, 0.25) is 0 Å². The molecule has 0 unspecified atom stereocenters. The Morgan fingerprint density at radius 3 is 0.818 bits per heavy atom. The van der Waals surface area contributed by atoms with Crippen LogP contribution in [0.15, 0.2) is 0 Å². The predicted molar refractivity (Wildman–Crippen MR) is 103 cm³/mol. The minimum atomic E-state index is 1.02. The van der Waals surface area contributed by atoms with Crippen LogP contribution in [0.25, 0.3) is 0 Å². The van der Waals surface area contributed by atoms with E-state index in [1.54, 1.807) is 57.6 Å². The van der Waals surface area contributed by atoms with E-state index in [-0.39, 0.29) is 0 Å². The summed E-state index contributed by atoms with van der Waals surface area (Å²) < 4.78 is 0. The molecule has 0 atom stereocenters. The van der Waals surface area contributed by atoms with Gasteiger partial charge in [0.15, 0.2) is 0 Å². The number of hydrogen-bond acceptors (Lipinski definition) is 1. The van der Waals surface area contributed by atoms with Crippen molar-refractivity contribution in [3.63, 3.8) is 0 Å². The summed E-state index contributed by atoms with van der Waals surface area (Å²) in [4.78, 5) is 0. The fourth-order valence-corrected chi connectivity index (χ4v) is 5.60. The molecule has 3 aliphatic carbocycles. The molecule has 130 valence electrons. The van der Waals surface area contributed by atoms with Gasteiger partial charge in [-0.25, -0.2) is 0 Å². The fraction of sp³-hybridized carbons (Fsp3) is 1.00.